The first-order valence-electron chi connectivity index (χ1n) is 7.31. The van der Waals surface area contributed by atoms with Gasteiger partial charge in [-0.2, -0.15) is 0 Å². The minimum Gasteiger partial charge on any atom is -0.468 e. The Hall–Kier alpha value is -1.78. The van der Waals surface area contributed by atoms with Crippen LogP contribution in [0.2, 0.25) is 0 Å². The highest BCUT2D eigenvalue weighted by atomic mass is 35.5. The van der Waals surface area contributed by atoms with Crippen LogP contribution >= 0.6 is 23.4 Å². The summed E-state index contributed by atoms with van der Waals surface area (Å²) in [4.78, 5) is 20.8. The molecule has 0 aromatic carbocycles. The molecule has 0 radical (unpaired) electrons. The molecule has 9 nitrogen and oxygen atoms in total. The fraction of sp³-hybridized carbons (Fsp3) is 0.538. The molecule has 1 aromatic heterocycles. The van der Waals surface area contributed by atoms with Gasteiger partial charge in [-0.1, -0.05) is 23.4 Å². The van der Waals surface area contributed by atoms with Crippen LogP contribution in [0.1, 0.15) is 5.76 Å². The molecule has 0 saturated carbocycles. The van der Waals surface area contributed by atoms with Crippen LogP contribution in [0, 0.1) is 10.1 Å². The van der Waals surface area contributed by atoms with E-state index < -0.39 is 5.03 Å². The zero-order chi connectivity index (χ0) is 17.1. The standard InChI is InChI=1S/C13H17ClN6O3S/c1-17-8-18(6-10-3-2-4-23-10)9-19(13(17)16-20(21)22)7-11-5-15-12(14)24-11/h2-4,11H,5-9H2,1H3/b16-13-. The summed E-state index contributed by atoms with van der Waals surface area (Å²) in [6.07, 6.45) is 1.63. The lowest BCUT2D eigenvalue weighted by Gasteiger charge is -2.42. The maximum Gasteiger partial charge on any atom is 0.275 e. The largest absolute Gasteiger partial charge is 0.468 e. The summed E-state index contributed by atoms with van der Waals surface area (Å²) >= 11 is 7.40. The van der Waals surface area contributed by atoms with E-state index in [0.717, 1.165) is 5.76 Å². The Labute approximate surface area is 148 Å². The lowest BCUT2D eigenvalue weighted by Crippen LogP contribution is -2.58. The van der Waals surface area contributed by atoms with Crippen LogP contribution in [0.15, 0.2) is 32.9 Å². The van der Waals surface area contributed by atoms with Gasteiger partial charge in [0.1, 0.15) is 10.9 Å². The van der Waals surface area contributed by atoms with Crippen LogP contribution in [0.25, 0.3) is 0 Å². The minimum absolute atomic E-state index is 0.159. The first kappa shape index (κ1) is 17.1. The van der Waals surface area contributed by atoms with E-state index in [1.54, 1.807) is 18.2 Å². The van der Waals surface area contributed by atoms with Gasteiger partial charge in [0.15, 0.2) is 9.54 Å². The molecule has 1 aromatic rings. The van der Waals surface area contributed by atoms with Gasteiger partial charge in [-0.05, 0) is 12.1 Å². The second-order valence-corrected chi connectivity index (χ2v) is 7.45. The Balaban J connectivity index is 1.72. The van der Waals surface area contributed by atoms with Crippen molar-refractivity contribution in [3.63, 3.8) is 0 Å². The number of hydrazone groups is 1. The molecule has 130 valence electrons. The summed E-state index contributed by atoms with van der Waals surface area (Å²) in [5.41, 5.74) is 0. The van der Waals surface area contributed by atoms with E-state index in [0.29, 0.717) is 43.4 Å². The van der Waals surface area contributed by atoms with Crippen LogP contribution in [-0.2, 0) is 6.54 Å². The lowest BCUT2D eigenvalue weighted by molar-refractivity contribution is -0.486. The third kappa shape index (κ3) is 4.19. The summed E-state index contributed by atoms with van der Waals surface area (Å²) in [7, 11) is 1.79. The van der Waals surface area contributed by atoms with Gasteiger partial charge in [-0.25, -0.2) is 10.1 Å². The fourth-order valence-electron chi connectivity index (χ4n) is 2.76. The van der Waals surface area contributed by atoms with Gasteiger partial charge in [-0.15, -0.1) is 0 Å². The molecular formula is C13H17ClN6O3S. The Bertz CT molecular complexity index is 652. The molecule has 0 aliphatic carbocycles. The first-order valence-corrected chi connectivity index (χ1v) is 8.57. The molecule has 0 amide bonds. The Kier molecular flexibility index (Phi) is 5.27. The van der Waals surface area contributed by atoms with E-state index in [2.05, 4.69) is 15.0 Å². The zero-order valence-electron chi connectivity index (χ0n) is 13.0. The number of hydrogen-bond donors (Lipinski definition) is 0. The fourth-order valence-corrected chi connectivity index (χ4v) is 4.03. The van der Waals surface area contributed by atoms with Crippen LogP contribution in [0.4, 0.5) is 0 Å². The molecule has 1 unspecified atom stereocenters. The van der Waals surface area contributed by atoms with E-state index in [1.807, 2.05) is 17.0 Å². The maximum absolute atomic E-state index is 10.9. The van der Waals surface area contributed by atoms with E-state index in [9.17, 15) is 10.1 Å². The number of furan rings is 1. The molecular weight excluding hydrogens is 356 g/mol. The summed E-state index contributed by atoms with van der Waals surface area (Å²) in [5.74, 6) is 1.19. The number of halogens is 1. The highest BCUT2D eigenvalue weighted by molar-refractivity contribution is 8.17. The second-order valence-electron chi connectivity index (χ2n) is 5.58. The molecule has 1 saturated heterocycles. The van der Waals surface area contributed by atoms with Gasteiger partial charge >= 0.3 is 0 Å². The Morgan fingerprint density at radius 2 is 2.42 bits per heavy atom. The zero-order valence-corrected chi connectivity index (χ0v) is 14.6. The third-order valence-electron chi connectivity index (χ3n) is 3.64. The van der Waals surface area contributed by atoms with E-state index in [-0.39, 0.29) is 5.25 Å². The van der Waals surface area contributed by atoms with Crippen molar-refractivity contribution < 1.29 is 9.45 Å². The number of guanidine groups is 1. The molecule has 24 heavy (non-hydrogen) atoms. The van der Waals surface area contributed by atoms with E-state index in [1.165, 1.54) is 11.8 Å². The summed E-state index contributed by atoms with van der Waals surface area (Å²) in [5, 5.41) is 13.9. The van der Waals surface area contributed by atoms with Crippen molar-refractivity contribution in [1.82, 2.24) is 14.7 Å². The van der Waals surface area contributed by atoms with Crippen LogP contribution in [-0.4, -0.2) is 68.9 Å². The molecule has 2 aliphatic heterocycles. The number of nitrogens with zero attached hydrogens (tertiary/aromatic N) is 6. The van der Waals surface area contributed by atoms with Gasteiger partial charge in [0.05, 0.1) is 32.7 Å². The average molecular weight is 373 g/mol. The number of nitro groups is 1. The summed E-state index contributed by atoms with van der Waals surface area (Å²) < 4.78 is 5.92. The second kappa shape index (κ2) is 7.41. The van der Waals surface area contributed by atoms with Crippen molar-refractivity contribution in [2.45, 2.75) is 11.8 Å². The van der Waals surface area contributed by atoms with Crippen molar-refractivity contribution in [2.24, 2.45) is 10.1 Å². The van der Waals surface area contributed by atoms with Crippen molar-refractivity contribution in [3.05, 3.63) is 34.3 Å². The smallest absolute Gasteiger partial charge is 0.275 e. The first-order chi connectivity index (χ1) is 11.5. The molecule has 0 N–H and O–H groups in total. The molecule has 1 fully saturated rings. The van der Waals surface area contributed by atoms with E-state index in [4.69, 9.17) is 16.0 Å². The van der Waals surface area contributed by atoms with E-state index >= 15 is 0 Å². The molecule has 0 spiro atoms. The highest BCUT2D eigenvalue weighted by Crippen LogP contribution is 2.25. The number of aliphatic imine (C=N–C) groups is 1. The predicted octanol–water partition coefficient (Wildman–Crippen LogP) is 1.50. The van der Waals surface area contributed by atoms with Crippen molar-refractivity contribution in [3.8, 4) is 0 Å². The Morgan fingerprint density at radius 1 is 1.58 bits per heavy atom. The van der Waals surface area contributed by atoms with Gasteiger partial charge in [0.25, 0.3) is 5.96 Å². The van der Waals surface area contributed by atoms with Gasteiger partial charge < -0.3 is 14.2 Å². The monoisotopic (exact) mass is 372 g/mol. The van der Waals surface area contributed by atoms with Gasteiger partial charge in [0, 0.05) is 18.8 Å². The van der Waals surface area contributed by atoms with Crippen LogP contribution in [0.5, 0.6) is 0 Å². The molecule has 11 heteroatoms. The SMILES string of the molecule is CN1CN(Cc2ccco2)CN(CC2CN=C(Cl)S2)/C1=N\[N+](=O)[O-]. The Morgan fingerprint density at radius 3 is 3.04 bits per heavy atom. The molecule has 1 atom stereocenters. The average Bonchev–Trinajstić information content (AvgIpc) is 3.14. The topological polar surface area (TPSA) is 90.7 Å². The maximum atomic E-state index is 10.9. The summed E-state index contributed by atoms with van der Waals surface area (Å²) in [6.45, 7) is 2.85. The van der Waals surface area contributed by atoms with Gasteiger partial charge in [0.2, 0.25) is 0 Å². The molecule has 3 heterocycles. The third-order valence-corrected chi connectivity index (χ3v) is 4.99. The van der Waals surface area contributed by atoms with Gasteiger partial charge in [-0.3, -0.25) is 9.89 Å². The highest BCUT2D eigenvalue weighted by Gasteiger charge is 2.32. The quantitative estimate of drug-likeness (QED) is 0.571. The predicted molar refractivity (Wildman–Crippen MR) is 92.4 cm³/mol. The molecule has 3 rings (SSSR count). The normalized spacial score (nSPS) is 23.8. The number of rotatable bonds is 5. The number of thioether (sulfide) groups is 1. The lowest BCUT2D eigenvalue weighted by atomic mass is 10.3. The molecule has 2 aliphatic rings. The van der Waals surface area contributed by atoms with Crippen molar-refractivity contribution >= 4 is 33.8 Å². The summed E-state index contributed by atoms with van der Waals surface area (Å²) in [6, 6.07) is 3.75. The van der Waals surface area contributed by atoms with Crippen molar-refractivity contribution in [1.29, 1.82) is 0 Å². The minimum atomic E-state index is -0.660. The van der Waals surface area contributed by atoms with Crippen molar-refractivity contribution in [2.75, 3.05) is 33.5 Å². The number of hydrogen-bond acceptors (Lipinski definition) is 6. The van der Waals surface area contributed by atoms with Crippen LogP contribution in [0.3, 0.4) is 0 Å². The molecule has 0 bridgehead atoms. The van der Waals surface area contributed by atoms with Crippen LogP contribution < -0.4 is 0 Å².